The number of para-hydroxylation sites is 2. The van der Waals surface area contributed by atoms with Gasteiger partial charge >= 0.3 is 24.7 Å². The van der Waals surface area contributed by atoms with Crippen molar-refractivity contribution in [3.05, 3.63) is 84.9 Å². The number of aliphatic carboxylic acids is 2. The second kappa shape index (κ2) is 20.3. The summed E-state index contributed by atoms with van der Waals surface area (Å²) in [6, 6.07) is 21.4. The number of hydrogen-bond acceptors (Lipinski definition) is 12. The van der Waals surface area contributed by atoms with Crippen LogP contribution in [0.2, 0.25) is 0 Å². The number of nitrogens with zero attached hydrogens (tertiary/aromatic N) is 4. The van der Waals surface area contributed by atoms with Crippen molar-refractivity contribution in [1.82, 2.24) is 30.4 Å². The third-order valence-electron chi connectivity index (χ3n) is 9.45. The van der Waals surface area contributed by atoms with E-state index >= 15 is 0 Å². The lowest BCUT2D eigenvalue weighted by molar-refractivity contribution is -0.275. The first-order valence-corrected chi connectivity index (χ1v) is 19.5. The lowest BCUT2D eigenvalue weighted by Gasteiger charge is -2.25. The van der Waals surface area contributed by atoms with E-state index in [-0.39, 0.29) is 39.3 Å². The van der Waals surface area contributed by atoms with E-state index in [0.29, 0.717) is 55.0 Å². The molecule has 0 saturated heterocycles. The van der Waals surface area contributed by atoms with E-state index in [1.807, 2.05) is 0 Å². The summed E-state index contributed by atoms with van der Waals surface area (Å²) in [6.45, 7) is -2.03. The molecule has 6 N–H and O–H groups in total. The Morgan fingerprint density at radius 2 is 0.891 bits per heavy atom. The quantitative estimate of drug-likeness (QED) is 0.0303. The number of carboxylic acids is 2. The fraction of sp³-hybridized carbons (Fsp3) is 0.286. The van der Waals surface area contributed by atoms with Crippen LogP contribution >= 0.6 is 0 Å². The Hall–Kier alpha value is -7.20. The summed E-state index contributed by atoms with van der Waals surface area (Å²) in [5, 5.41) is 32.5. The zero-order chi connectivity index (χ0) is 46.0. The van der Waals surface area contributed by atoms with Crippen LogP contribution in [0.4, 0.5) is 37.7 Å². The van der Waals surface area contributed by atoms with Crippen molar-refractivity contribution in [2.45, 2.75) is 12.7 Å². The van der Waals surface area contributed by atoms with Crippen LogP contribution in [-0.4, -0.2) is 132 Å². The highest BCUT2D eigenvalue weighted by molar-refractivity contribution is 6.09. The molecule has 0 aliphatic heterocycles. The molecular formula is C42H40F6N8O8. The molecule has 2 heterocycles. The van der Waals surface area contributed by atoms with Crippen molar-refractivity contribution in [3.63, 3.8) is 0 Å². The number of ether oxygens (including phenoxy) is 2. The lowest BCUT2D eigenvalue weighted by Crippen LogP contribution is -2.47. The van der Waals surface area contributed by atoms with Crippen LogP contribution in [0.25, 0.3) is 43.6 Å². The fourth-order valence-corrected chi connectivity index (χ4v) is 6.91. The molecular weight excluding hydrogens is 858 g/mol. The van der Waals surface area contributed by atoms with Crippen LogP contribution < -0.4 is 30.7 Å². The Morgan fingerprint density at radius 3 is 1.27 bits per heavy atom. The van der Waals surface area contributed by atoms with Gasteiger partial charge in [0.05, 0.1) is 59.6 Å². The first-order valence-electron chi connectivity index (χ1n) is 19.5. The van der Waals surface area contributed by atoms with Gasteiger partial charge in [0.15, 0.2) is 0 Å². The van der Waals surface area contributed by atoms with Gasteiger partial charge in [-0.15, -0.1) is 26.3 Å². The van der Waals surface area contributed by atoms with Crippen LogP contribution in [0.1, 0.15) is 0 Å². The first-order chi connectivity index (χ1) is 30.4. The maximum absolute atomic E-state index is 13.0. The first kappa shape index (κ1) is 46.3. The average Bonchev–Trinajstić information content (AvgIpc) is 3.21. The van der Waals surface area contributed by atoms with E-state index in [0.717, 1.165) is 12.1 Å². The van der Waals surface area contributed by atoms with Gasteiger partial charge < -0.3 is 41.0 Å². The number of carbonyl (C=O) groups excluding carboxylic acids is 2. The lowest BCUT2D eigenvalue weighted by atomic mass is 10.1. The summed E-state index contributed by atoms with van der Waals surface area (Å²) in [6.07, 6.45) is -9.83. The van der Waals surface area contributed by atoms with Crippen LogP contribution in [-0.2, 0) is 19.2 Å². The minimum atomic E-state index is -4.92. The molecule has 0 radical (unpaired) electrons. The van der Waals surface area contributed by atoms with Crippen molar-refractivity contribution in [2.75, 3.05) is 76.1 Å². The minimum Gasteiger partial charge on any atom is -0.480 e. The van der Waals surface area contributed by atoms with E-state index < -0.39 is 74.2 Å². The van der Waals surface area contributed by atoms with Crippen molar-refractivity contribution < 1.29 is 65.2 Å². The van der Waals surface area contributed by atoms with Gasteiger partial charge in [-0.25, -0.2) is 9.97 Å². The molecule has 338 valence electrons. The zero-order valence-electron chi connectivity index (χ0n) is 33.6. The maximum atomic E-state index is 13.0. The van der Waals surface area contributed by atoms with Crippen LogP contribution in [0.3, 0.4) is 0 Å². The Kier molecular flexibility index (Phi) is 14.7. The summed E-state index contributed by atoms with van der Waals surface area (Å²) < 4.78 is 86.0. The van der Waals surface area contributed by atoms with Crippen LogP contribution in [0, 0.1) is 0 Å². The Labute approximate surface area is 359 Å². The molecule has 0 aliphatic carbocycles. The second-order valence-electron chi connectivity index (χ2n) is 14.2. The third kappa shape index (κ3) is 13.2. The van der Waals surface area contributed by atoms with Gasteiger partial charge in [0.25, 0.3) is 0 Å². The van der Waals surface area contributed by atoms with Gasteiger partial charge in [-0.05, 0) is 48.5 Å². The number of rotatable bonds is 21. The summed E-state index contributed by atoms with van der Waals surface area (Å²) in [4.78, 5) is 60.9. The molecule has 0 atom stereocenters. The number of pyridine rings is 2. The molecule has 6 aromatic rings. The summed E-state index contributed by atoms with van der Waals surface area (Å²) in [5.41, 5.74) is 2.80. The van der Waals surface area contributed by atoms with Gasteiger partial charge in [0, 0.05) is 60.8 Å². The summed E-state index contributed by atoms with van der Waals surface area (Å²) in [5.74, 6) is -4.60. The highest BCUT2D eigenvalue weighted by Crippen LogP contribution is 2.36. The highest BCUT2D eigenvalue weighted by Gasteiger charge is 2.32. The van der Waals surface area contributed by atoms with E-state index in [1.165, 1.54) is 34.1 Å². The smallest absolute Gasteiger partial charge is 0.480 e. The number of fused-ring (bicyclic) bond motifs is 4. The molecule has 0 saturated carbocycles. The molecule has 6 rings (SSSR count). The Bertz CT molecular complexity index is 2490. The van der Waals surface area contributed by atoms with E-state index in [4.69, 9.17) is 0 Å². The molecule has 0 unspecified atom stereocenters. The third-order valence-corrected chi connectivity index (χ3v) is 9.45. The number of anilines is 2. The Morgan fingerprint density at radius 1 is 0.516 bits per heavy atom. The highest BCUT2D eigenvalue weighted by atomic mass is 19.4. The van der Waals surface area contributed by atoms with E-state index in [2.05, 4.69) is 40.7 Å². The van der Waals surface area contributed by atoms with Crippen molar-refractivity contribution >= 4 is 78.7 Å². The van der Waals surface area contributed by atoms with Gasteiger partial charge in [0.2, 0.25) is 11.8 Å². The monoisotopic (exact) mass is 898 g/mol. The molecule has 64 heavy (non-hydrogen) atoms. The molecule has 0 aliphatic rings. The number of nitrogens with one attached hydrogen (secondary N) is 4. The topological polar surface area (TPSA) is 208 Å². The van der Waals surface area contributed by atoms with Crippen molar-refractivity contribution in [3.8, 4) is 11.5 Å². The second-order valence-corrected chi connectivity index (χ2v) is 14.2. The number of benzene rings is 4. The molecule has 0 spiro atoms. The fourth-order valence-electron chi connectivity index (χ4n) is 6.91. The average molecular weight is 899 g/mol. The van der Waals surface area contributed by atoms with Gasteiger partial charge in [0.1, 0.15) is 11.5 Å². The number of aromatic nitrogens is 2. The largest absolute Gasteiger partial charge is 0.573 e. The zero-order valence-corrected chi connectivity index (χ0v) is 33.6. The predicted molar refractivity (Wildman–Crippen MR) is 223 cm³/mol. The number of carbonyl (C=O) groups is 4. The summed E-state index contributed by atoms with van der Waals surface area (Å²) >= 11 is 0. The standard InChI is InChI=1S/C42H40F6N8O8/c43-41(44,45)63-25-9-11-33-29(19-25)39(27-5-1-3-7-31(27)53-33)51-15-13-49-35(57)21-55(23-37(59)60)17-18-56(24-38(61)62)22-36(58)50-14-16-52-40-28-6-2-4-8-32(28)54-34-12-10-26(20-30(34)40)64-42(46,47)48/h1-12,19-20H,13-18,21-24H2,(H,49,57)(H,50,58)(H,51,53)(H,52,54)(H,59,60)(H,61,62). The number of hydrogen-bond donors (Lipinski definition) is 6. The Balaban J connectivity index is 1.02. The molecule has 0 bridgehead atoms. The molecule has 16 nitrogen and oxygen atoms in total. The van der Waals surface area contributed by atoms with Crippen molar-refractivity contribution in [1.29, 1.82) is 0 Å². The number of halogens is 6. The SMILES string of the molecule is O=C(O)CN(CCN(CC(=O)O)CC(=O)NCCNc1c2ccccc2nc2ccc(OC(F)(F)F)cc12)CC(=O)NCCNc1c2ccccc2nc2ccc(OC(F)(F)F)cc12. The molecule has 0 fully saturated rings. The number of carboxylic acid groups (broad SMARTS) is 2. The molecule has 2 amide bonds. The van der Waals surface area contributed by atoms with E-state index in [1.54, 1.807) is 48.5 Å². The number of alkyl halides is 6. The van der Waals surface area contributed by atoms with E-state index in [9.17, 15) is 55.7 Å². The van der Waals surface area contributed by atoms with Crippen molar-refractivity contribution in [2.24, 2.45) is 0 Å². The maximum Gasteiger partial charge on any atom is 0.573 e. The minimum absolute atomic E-state index is 0.0118. The van der Waals surface area contributed by atoms with Gasteiger partial charge in [-0.3, -0.25) is 29.0 Å². The predicted octanol–water partition coefficient (Wildman–Crippen LogP) is 5.42. The molecule has 2 aromatic heterocycles. The van der Waals surface area contributed by atoms with Gasteiger partial charge in [-0.2, -0.15) is 0 Å². The van der Waals surface area contributed by atoms with Gasteiger partial charge in [-0.1, -0.05) is 36.4 Å². The number of amides is 2. The molecule has 4 aromatic carbocycles. The normalized spacial score (nSPS) is 11.9. The van der Waals surface area contributed by atoms with Crippen LogP contribution in [0.5, 0.6) is 11.5 Å². The summed E-state index contributed by atoms with van der Waals surface area (Å²) in [7, 11) is 0. The molecule has 22 heteroatoms. The van der Waals surface area contributed by atoms with Crippen LogP contribution in [0.15, 0.2) is 84.9 Å².